The first-order valence-corrected chi connectivity index (χ1v) is 8.03. The Morgan fingerprint density at radius 1 is 1.00 bits per heavy atom. The van der Waals surface area contributed by atoms with Gasteiger partial charge in [0.05, 0.1) is 0 Å². The Balaban J connectivity index is -0.000000115. The minimum atomic E-state index is 0. The molecule has 0 N–H and O–H groups in total. The van der Waals surface area contributed by atoms with Gasteiger partial charge in [-0.15, -0.1) is 32.7 Å². The van der Waals surface area contributed by atoms with Gasteiger partial charge in [-0.3, -0.25) is 6.08 Å². The van der Waals surface area contributed by atoms with Crippen LogP contribution >= 0.6 is 0 Å². The molecule has 0 heterocycles. The van der Waals surface area contributed by atoms with Crippen molar-refractivity contribution in [3.05, 3.63) is 67.7 Å². The Bertz CT molecular complexity index is 234. The van der Waals surface area contributed by atoms with E-state index in [1.165, 1.54) is 0 Å². The zero-order valence-electron chi connectivity index (χ0n) is 15.6. The average Bonchev–Trinajstić information content (AvgIpc) is 3.09. The third-order valence-electron chi connectivity index (χ3n) is 2.48. The van der Waals surface area contributed by atoms with Crippen molar-refractivity contribution >= 4 is 0 Å². The van der Waals surface area contributed by atoms with Gasteiger partial charge in [-0.2, -0.15) is 19.2 Å². The Kier molecular flexibility index (Phi) is 44.5. The van der Waals surface area contributed by atoms with Crippen LogP contribution in [0.5, 0.6) is 0 Å². The van der Waals surface area contributed by atoms with Crippen molar-refractivity contribution in [1.82, 2.24) is 0 Å². The van der Waals surface area contributed by atoms with Gasteiger partial charge in [0.15, 0.2) is 0 Å². The molecule has 0 saturated carbocycles. The number of hydrogen-bond acceptors (Lipinski definition) is 0. The van der Waals surface area contributed by atoms with E-state index in [1.54, 1.807) is 0 Å². The smallest absolute Gasteiger partial charge is 0.662 e. The van der Waals surface area contributed by atoms with Crippen LogP contribution in [0.15, 0.2) is 43.5 Å². The van der Waals surface area contributed by atoms with E-state index < -0.39 is 0 Å². The van der Waals surface area contributed by atoms with Crippen LogP contribution in [0.1, 0.15) is 46.0 Å². The second-order valence-corrected chi connectivity index (χ2v) is 4.39. The Morgan fingerprint density at radius 2 is 1.48 bits per heavy atom. The molecule has 0 spiro atoms. The summed E-state index contributed by atoms with van der Waals surface area (Å²) in [5, 5.41) is 8.32. The first kappa shape index (κ1) is 30.6. The molecule has 0 atom stereocenters. The number of hydrogen-bond donors (Lipinski definition) is 0. The molecule has 0 unspecified atom stereocenters. The number of rotatable bonds is 10. The molecule has 0 saturated heterocycles. The first-order valence-electron chi connectivity index (χ1n) is 8.03. The molecule has 1 aliphatic carbocycles. The van der Waals surface area contributed by atoms with Gasteiger partial charge in [0.1, 0.15) is 0 Å². The number of allylic oxidation sites excluding steroid dienone is 6. The third-order valence-corrected chi connectivity index (χ3v) is 2.48. The van der Waals surface area contributed by atoms with E-state index in [0.717, 1.165) is 58.3 Å². The van der Waals surface area contributed by atoms with Gasteiger partial charge in [-0.05, 0) is 12.8 Å². The van der Waals surface area contributed by atoms with E-state index in [0.29, 0.717) is 0 Å². The molecule has 3 heteroatoms. The van der Waals surface area contributed by atoms with Crippen molar-refractivity contribution < 1.29 is 26.2 Å². The molecule has 0 aromatic rings. The van der Waals surface area contributed by atoms with Crippen LogP contribution in [0.2, 0.25) is 0 Å². The van der Waals surface area contributed by atoms with Crippen molar-refractivity contribution in [2.75, 3.05) is 26.2 Å². The van der Waals surface area contributed by atoms with Crippen LogP contribution in [0.4, 0.5) is 0 Å². The average molecular weight is 396 g/mol. The van der Waals surface area contributed by atoms with Gasteiger partial charge in [-0.1, -0.05) is 38.8 Å². The quantitative estimate of drug-likeness (QED) is 0.231. The predicted molar refractivity (Wildman–Crippen MR) is 104 cm³/mol. The summed E-state index contributed by atoms with van der Waals surface area (Å²) in [4.78, 5) is 0. The minimum Gasteiger partial charge on any atom is -0.662 e. The van der Waals surface area contributed by atoms with E-state index in [2.05, 4.69) is 49.8 Å². The molecule has 0 aromatic heterocycles. The largest absolute Gasteiger partial charge is 4.00 e. The fraction of sp³-hybridized carbons (Fsp3) is 0.550. The summed E-state index contributed by atoms with van der Waals surface area (Å²) in [7, 11) is 0. The van der Waals surface area contributed by atoms with E-state index in [4.69, 9.17) is 0 Å². The molecule has 2 nitrogen and oxygen atoms in total. The van der Waals surface area contributed by atoms with Crippen LogP contribution in [0, 0.1) is 13.5 Å². The number of nitrogens with zero attached hydrogens (tertiary/aromatic N) is 2. The SMILES string of the molecule is C=CCCC[N-]CC.C=CCCC[N-]CC.[C-]1=CC=CC1.[CH3-].[Zr+4]. The molecule has 0 fully saturated rings. The molecule has 1 rings (SSSR count). The molecule has 0 radical (unpaired) electrons. The fourth-order valence-electron chi connectivity index (χ4n) is 1.35. The van der Waals surface area contributed by atoms with E-state index in [9.17, 15) is 0 Å². The Labute approximate surface area is 165 Å². The minimum absolute atomic E-state index is 0. The van der Waals surface area contributed by atoms with Gasteiger partial charge >= 0.3 is 26.2 Å². The Morgan fingerprint density at radius 3 is 1.70 bits per heavy atom. The predicted octanol–water partition coefficient (Wildman–Crippen LogP) is 6.45. The molecule has 130 valence electrons. The molecule has 0 aromatic carbocycles. The van der Waals surface area contributed by atoms with Gasteiger partial charge in [0.25, 0.3) is 0 Å². The summed E-state index contributed by atoms with van der Waals surface area (Å²) >= 11 is 0. The van der Waals surface area contributed by atoms with Gasteiger partial charge in [0.2, 0.25) is 0 Å². The molecule has 0 bridgehead atoms. The fourth-order valence-corrected chi connectivity index (χ4v) is 1.35. The first-order chi connectivity index (χ1) is 10.3. The third kappa shape index (κ3) is 39.0. The van der Waals surface area contributed by atoms with Crippen LogP contribution in [0.25, 0.3) is 10.6 Å². The second-order valence-electron chi connectivity index (χ2n) is 4.39. The summed E-state index contributed by atoms with van der Waals surface area (Å²) in [5.41, 5.74) is 0. The maximum Gasteiger partial charge on any atom is 4.00 e. The normalized spacial score (nSPS) is 10.2. The van der Waals surface area contributed by atoms with Crippen LogP contribution in [0.3, 0.4) is 0 Å². The van der Waals surface area contributed by atoms with Crippen molar-refractivity contribution in [1.29, 1.82) is 0 Å². The Hall–Kier alpha value is -0.237. The molecular weight excluding hydrogens is 359 g/mol. The topological polar surface area (TPSA) is 28.2 Å². The van der Waals surface area contributed by atoms with Gasteiger partial charge in [0, 0.05) is 0 Å². The zero-order valence-corrected chi connectivity index (χ0v) is 18.0. The summed E-state index contributed by atoms with van der Waals surface area (Å²) in [6, 6.07) is 0. The molecule has 1 aliphatic rings. The zero-order chi connectivity index (χ0) is 16.0. The maximum atomic E-state index is 4.16. The van der Waals surface area contributed by atoms with Crippen molar-refractivity contribution in [2.24, 2.45) is 0 Å². The molecule has 23 heavy (non-hydrogen) atoms. The second kappa shape index (κ2) is 33.4. The van der Waals surface area contributed by atoms with Gasteiger partial charge in [-0.25, -0.2) is 12.2 Å². The van der Waals surface area contributed by atoms with E-state index >= 15 is 0 Å². The van der Waals surface area contributed by atoms with E-state index in [-0.39, 0.29) is 33.6 Å². The van der Waals surface area contributed by atoms with Crippen LogP contribution in [-0.4, -0.2) is 26.2 Å². The standard InChI is InChI=1S/2C7H14N.C5H5.CH3.Zr/c2*1-3-5-6-7-8-4-2;1-2-4-5-3-1;;/h2*3H,1,4-7H2,2H3;1-3H,4H2;1H3;/q4*-1;+4. The monoisotopic (exact) mass is 394 g/mol. The molecule has 0 amide bonds. The maximum absolute atomic E-state index is 4.16. The summed E-state index contributed by atoms with van der Waals surface area (Å²) in [6.07, 6.45) is 18.4. The summed E-state index contributed by atoms with van der Waals surface area (Å²) in [5.74, 6) is 0. The van der Waals surface area contributed by atoms with Crippen molar-refractivity contribution in [3.8, 4) is 0 Å². The van der Waals surface area contributed by atoms with Crippen LogP contribution < -0.4 is 0 Å². The van der Waals surface area contributed by atoms with Crippen molar-refractivity contribution in [3.63, 3.8) is 0 Å². The van der Waals surface area contributed by atoms with Crippen LogP contribution in [-0.2, 0) is 26.2 Å². The van der Waals surface area contributed by atoms with Gasteiger partial charge < -0.3 is 18.1 Å². The summed E-state index contributed by atoms with van der Waals surface area (Å²) < 4.78 is 0. The molecular formula is C20H36N2Zr. The number of unbranched alkanes of at least 4 members (excludes halogenated alkanes) is 2. The summed E-state index contributed by atoms with van der Waals surface area (Å²) in [6.45, 7) is 15.3. The van der Waals surface area contributed by atoms with E-state index in [1.807, 2.05) is 24.3 Å². The molecule has 0 aliphatic heterocycles. The van der Waals surface area contributed by atoms with Crippen molar-refractivity contribution in [2.45, 2.75) is 46.0 Å².